The molecule has 0 radical (unpaired) electrons. The van der Waals surface area contributed by atoms with Crippen LogP contribution in [-0.2, 0) is 35.0 Å². The molecular formula is C16H22ClN5O5. The van der Waals surface area contributed by atoms with Crippen LogP contribution in [-0.4, -0.2) is 43.7 Å². The number of hydrogen-bond donors (Lipinski definition) is 1. The molecule has 0 aromatic carbocycles. The molecule has 0 bridgehead atoms. The molecular weight excluding hydrogens is 378 g/mol. The first-order valence-corrected chi connectivity index (χ1v) is 8.70. The van der Waals surface area contributed by atoms with Gasteiger partial charge in [-0.3, -0.25) is 23.3 Å². The summed E-state index contributed by atoms with van der Waals surface area (Å²) in [5.41, 5.74) is -1.07. The Bertz CT molecular complexity index is 1010. The summed E-state index contributed by atoms with van der Waals surface area (Å²) in [5.74, 6) is -1.24. The average Bonchev–Trinajstić information content (AvgIpc) is 2.97. The van der Waals surface area contributed by atoms with Gasteiger partial charge < -0.3 is 10.1 Å². The van der Waals surface area contributed by atoms with E-state index in [4.69, 9.17) is 16.3 Å². The van der Waals surface area contributed by atoms with E-state index in [0.717, 1.165) is 4.57 Å². The molecule has 0 aliphatic carbocycles. The lowest BCUT2D eigenvalue weighted by molar-refractivity contribution is -0.146. The largest absolute Gasteiger partial charge is 0.467 e. The number of rotatable bonds is 6. The van der Waals surface area contributed by atoms with Crippen molar-refractivity contribution in [2.45, 2.75) is 32.9 Å². The number of aryl methyl sites for hydroxylation is 1. The molecule has 0 saturated heterocycles. The first-order chi connectivity index (χ1) is 12.6. The monoisotopic (exact) mass is 399 g/mol. The van der Waals surface area contributed by atoms with Crippen LogP contribution in [0.15, 0.2) is 9.59 Å². The van der Waals surface area contributed by atoms with Gasteiger partial charge in [0.2, 0.25) is 11.2 Å². The molecule has 2 heterocycles. The molecule has 1 N–H and O–H groups in total. The number of nitrogens with one attached hydrogen (secondary N) is 1. The summed E-state index contributed by atoms with van der Waals surface area (Å²) in [4.78, 5) is 52.9. The van der Waals surface area contributed by atoms with E-state index < -0.39 is 29.2 Å². The zero-order chi connectivity index (χ0) is 20.5. The SMILES string of the molecule is CC[C@@H](C)[C@H](NC(=O)Cn1c(Cl)nc2c1c(=O)n(C)c(=O)n2C)C(=O)OC. The highest BCUT2D eigenvalue weighted by atomic mass is 35.5. The van der Waals surface area contributed by atoms with Crippen molar-refractivity contribution < 1.29 is 14.3 Å². The van der Waals surface area contributed by atoms with Crippen LogP contribution in [0.2, 0.25) is 5.28 Å². The van der Waals surface area contributed by atoms with Crippen molar-refractivity contribution in [2.24, 2.45) is 20.0 Å². The van der Waals surface area contributed by atoms with Crippen molar-refractivity contribution in [3.05, 3.63) is 26.1 Å². The van der Waals surface area contributed by atoms with Gasteiger partial charge in [-0.2, -0.15) is 4.98 Å². The maximum atomic E-state index is 12.5. The van der Waals surface area contributed by atoms with Gasteiger partial charge in [-0.25, -0.2) is 9.59 Å². The first kappa shape index (κ1) is 20.7. The summed E-state index contributed by atoms with van der Waals surface area (Å²) in [6, 6.07) is -0.826. The van der Waals surface area contributed by atoms with Gasteiger partial charge in [0.1, 0.15) is 12.6 Å². The number of nitrogens with zero attached hydrogens (tertiary/aromatic N) is 4. The van der Waals surface area contributed by atoms with Gasteiger partial charge in [0, 0.05) is 14.1 Å². The number of hydrogen-bond acceptors (Lipinski definition) is 6. The summed E-state index contributed by atoms with van der Waals surface area (Å²) in [7, 11) is 4.02. The number of imidazole rings is 1. The van der Waals surface area contributed by atoms with Crippen LogP contribution >= 0.6 is 11.6 Å². The number of aromatic nitrogens is 4. The zero-order valence-corrected chi connectivity index (χ0v) is 16.5. The van der Waals surface area contributed by atoms with E-state index in [1.165, 1.54) is 30.3 Å². The Morgan fingerprint density at radius 3 is 2.44 bits per heavy atom. The van der Waals surface area contributed by atoms with Crippen LogP contribution in [0.4, 0.5) is 0 Å². The van der Waals surface area contributed by atoms with E-state index in [1.807, 2.05) is 13.8 Å². The fraction of sp³-hybridized carbons (Fsp3) is 0.562. The zero-order valence-electron chi connectivity index (χ0n) is 15.8. The number of amides is 1. The van der Waals surface area contributed by atoms with Crippen molar-refractivity contribution in [3.8, 4) is 0 Å². The number of carbonyl (C=O) groups is 2. The van der Waals surface area contributed by atoms with Crippen molar-refractivity contribution >= 4 is 34.6 Å². The summed E-state index contributed by atoms with van der Waals surface area (Å²) in [6.45, 7) is 3.36. The summed E-state index contributed by atoms with van der Waals surface area (Å²) < 4.78 is 8.03. The Hall–Kier alpha value is -2.62. The van der Waals surface area contributed by atoms with Gasteiger partial charge in [0.25, 0.3) is 5.56 Å². The lowest BCUT2D eigenvalue weighted by Crippen LogP contribution is -2.47. The van der Waals surface area contributed by atoms with Crippen LogP contribution in [0.25, 0.3) is 11.2 Å². The standard InChI is InChI=1S/C16H22ClN5O5/c1-6-8(2)10(14(25)27-5)18-9(23)7-22-11-12(19-15(22)17)20(3)16(26)21(4)13(11)24/h8,10H,6-7H2,1-5H3,(H,18,23)/t8-,10+/m1/s1. The fourth-order valence-corrected chi connectivity index (χ4v) is 2.95. The van der Waals surface area contributed by atoms with Gasteiger partial charge in [-0.05, 0) is 17.5 Å². The van der Waals surface area contributed by atoms with Gasteiger partial charge in [-0.1, -0.05) is 20.3 Å². The van der Waals surface area contributed by atoms with Crippen LogP contribution < -0.4 is 16.6 Å². The normalized spacial score (nSPS) is 13.4. The smallest absolute Gasteiger partial charge is 0.332 e. The quantitative estimate of drug-likeness (QED) is 0.530. The van der Waals surface area contributed by atoms with Crippen molar-refractivity contribution in [2.75, 3.05) is 7.11 Å². The van der Waals surface area contributed by atoms with Crippen LogP contribution in [0.3, 0.4) is 0 Å². The van der Waals surface area contributed by atoms with Crippen molar-refractivity contribution in [1.82, 2.24) is 24.0 Å². The maximum Gasteiger partial charge on any atom is 0.332 e. The predicted octanol–water partition coefficient (Wildman–Crippen LogP) is -0.209. The van der Waals surface area contributed by atoms with Crippen molar-refractivity contribution in [1.29, 1.82) is 0 Å². The molecule has 2 atom stereocenters. The molecule has 2 aromatic rings. The Kier molecular flexibility index (Phi) is 6.09. The molecule has 2 aromatic heterocycles. The molecule has 0 spiro atoms. The highest BCUT2D eigenvalue weighted by Crippen LogP contribution is 2.16. The lowest BCUT2D eigenvalue weighted by Gasteiger charge is -2.22. The van der Waals surface area contributed by atoms with Crippen LogP contribution in [0.1, 0.15) is 20.3 Å². The second kappa shape index (κ2) is 7.95. The highest BCUT2D eigenvalue weighted by Gasteiger charge is 2.27. The van der Waals surface area contributed by atoms with Crippen molar-refractivity contribution in [3.63, 3.8) is 0 Å². The molecule has 0 unspecified atom stereocenters. The highest BCUT2D eigenvalue weighted by molar-refractivity contribution is 6.29. The van der Waals surface area contributed by atoms with Gasteiger partial charge in [-0.15, -0.1) is 0 Å². The molecule has 27 heavy (non-hydrogen) atoms. The van der Waals surface area contributed by atoms with E-state index in [0.29, 0.717) is 6.42 Å². The molecule has 10 nitrogen and oxygen atoms in total. The molecule has 2 rings (SSSR count). The number of carbonyl (C=O) groups excluding carboxylic acids is 2. The summed E-state index contributed by atoms with van der Waals surface area (Å²) in [6.07, 6.45) is 0.650. The second-order valence-electron chi connectivity index (χ2n) is 6.30. The van der Waals surface area contributed by atoms with E-state index >= 15 is 0 Å². The molecule has 1 amide bonds. The third-order valence-corrected chi connectivity index (χ3v) is 4.88. The molecule has 0 aliphatic rings. The molecule has 0 saturated carbocycles. The van der Waals surface area contributed by atoms with E-state index in [1.54, 1.807) is 0 Å². The number of methoxy groups -OCH3 is 1. The summed E-state index contributed by atoms with van der Waals surface area (Å²) >= 11 is 6.09. The summed E-state index contributed by atoms with van der Waals surface area (Å²) in [5, 5.41) is 2.50. The molecule has 0 aliphatic heterocycles. The van der Waals surface area contributed by atoms with Gasteiger partial charge in [0.05, 0.1) is 7.11 Å². The predicted molar refractivity (Wildman–Crippen MR) is 98.6 cm³/mol. The van der Waals surface area contributed by atoms with Gasteiger partial charge in [0.15, 0.2) is 11.2 Å². The van der Waals surface area contributed by atoms with E-state index in [-0.39, 0.29) is 28.9 Å². The Morgan fingerprint density at radius 1 is 1.26 bits per heavy atom. The molecule has 148 valence electrons. The second-order valence-corrected chi connectivity index (χ2v) is 6.64. The lowest BCUT2D eigenvalue weighted by atomic mass is 9.99. The number of halogens is 1. The minimum atomic E-state index is -0.826. The molecule has 11 heteroatoms. The number of esters is 1. The van der Waals surface area contributed by atoms with Crippen LogP contribution in [0.5, 0.6) is 0 Å². The Balaban J connectivity index is 2.43. The fourth-order valence-electron chi connectivity index (χ4n) is 2.72. The average molecular weight is 400 g/mol. The first-order valence-electron chi connectivity index (χ1n) is 8.32. The van der Waals surface area contributed by atoms with E-state index in [9.17, 15) is 19.2 Å². The molecule has 0 fully saturated rings. The van der Waals surface area contributed by atoms with Gasteiger partial charge >= 0.3 is 11.7 Å². The Labute approximate surface area is 159 Å². The Morgan fingerprint density at radius 2 is 1.89 bits per heavy atom. The maximum absolute atomic E-state index is 12.5. The third-order valence-electron chi connectivity index (χ3n) is 4.59. The topological polar surface area (TPSA) is 117 Å². The van der Waals surface area contributed by atoms with Crippen LogP contribution in [0, 0.1) is 5.92 Å². The van der Waals surface area contributed by atoms with E-state index in [2.05, 4.69) is 10.3 Å². The minimum absolute atomic E-state index is 0.0258. The number of fused-ring (bicyclic) bond motifs is 1. The third kappa shape index (κ3) is 3.75. The minimum Gasteiger partial charge on any atom is -0.467 e. The number of ether oxygens (including phenoxy) is 1.